The molecule has 0 radical (unpaired) electrons. The lowest BCUT2D eigenvalue weighted by atomic mass is 10.0. The van der Waals surface area contributed by atoms with E-state index in [0.717, 1.165) is 83.5 Å². The zero-order valence-electron chi connectivity index (χ0n) is 36.0. The van der Waals surface area contributed by atoms with Gasteiger partial charge in [0, 0.05) is 19.4 Å². The molecule has 5 nitrogen and oxygen atoms in total. The molecule has 0 aromatic carbocycles. The van der Waals surface area contributed by atoms with E-state index in [-0.39, 0.29) is 25.2 Å². The normalized spacial score (nSPS) is 12.6. The van der Waals surface area contributed by atoms with Gasteiger partial charge in [0.2, 0.25) is 0 Å². The van der Waals surface area contributed by atoms with Crippen molar-refractivity contribution in [2.45, 2.75) is 232 Å². The van der Waals surface area contributed by atoms with Crippen LogP contribution in [0, 0.1) is 0 Å². The van der Waals surface area contributed by atoms with Crippen molar-refractivity contribution in [3.05, 3.63) is 48.6 Å². The number of rotatable bonds is 42. The number of carbonyl (C=O) groups excluding carboxylic acids is 2. The third-order valence-electron chi connectivity index (χ3n) is 9.88. The van der Waals surface area contributed by atoms with Crippen LogP contribution in [0.1, 0.15) is 226 Å². The minimum absolute atomic E-state index is 0.0752. The number of allylic oxidation sites excluding steroid dienone is 8. The number of unbranched alkanes of at least 4 members (excludes halogenated alkanes) is 23. The fourth-order valence-corrected chi connectivity index (χ4v) is 6.44. The van der Waals surface area contributed by atoms with Crippen molar-refractivity contribution in [3.63, 3.8) is 0 Å². The third-order valence-corrected chi connectivity index (χ3v) is 9.88. The van der Waals surface area contributed by atoms with Crippen molar-refractivity contribution in [2.24, 2.45) is 0 Å². The molecular weight excluding hydrogens is 669 g/mol. The predicted octanol–water partition coefficient (Wildman–Crippen LogP) is 15.2. The molecule has 0 bridgehead atoms. The largest absolute Gasteiger partial charge is 0.462 e. The molecule has 54 heavy (non-hydrogen) atoms. The Morgan fingerprint density at radius 2 is 0.833 bits per heavy atom. The zero-order valence-corrected chi connectivity index (χ0v) is 36.0. The maximum Gasteiger partial charge on any atom is 0.306 e. The monoisotopic (exact) mass is 757 g/mol. The van der Waals surface area contributed by atoms with E-state index >= 15 is 0 Å². The molecule has 0 N–H and O–H groups in total. The summed E-state index contributed by atoms with van der Waals surface area (Å²) in [6.45, 7) is 7.67. The molecule has 0 fully saturated rings. The smallest absolute Gasteiger partial charge is 0.306 e. The van der Waals surface area contributed by atoms with E-state index in [4.69, 9.17) is 14.2 Å². The van der Waals surface area contributed by atoms with Crippen LogP contribution in [0.15, 0.2) is 48.6 Å². The molecule has 0 spiro atoms. The number of ether oxygens (including phenoxy) is 3. The summed E-state index contributed by atoms with van der Waals surface area (Å²) < 4.78 is 17.2. The molecule has 0 aromatic heterocycles. The Morgan fingerprint density at radius 1 is 0.426 bits per heavy atom. The molecule has 5 heteroatoms. The van der Waals surface area contributed by atoms with Gasteiger partial charge in [-0.3, -0.25) is 9.59 Å². The highest BCUT2D eigenvalue weighted by Gasteiger charge is 2.17. The Bertz CT molecular complexity index is 904. The first-order chi connectivity index (χ1) is 26.6. The van der Waals surface area contributed by atoms with Gasteiger partial charge < -0.3 is 14.2 Å². The van der Waals surface area contributed by atoms with Crippen LogP contribution < -0.4 is 0 Å². The molecule has 0 saturated heterocycles. The number of hydrogen-bond acceptors (Lipinski definition) is 5. The van der Waals surface area contributed by atoms with Crippen LogP contribution in [-0.2, 0) is 23.8 Å². The molecule has 0 aromatic rings. The number of esters is 2. The highest BCUT2D eigenvalue weighted by atomic mass is 16.6. The molecule has 0 aliphatic carbocycles. The SMILES string of the molecule is CC/C=C\C/C=C\C/C=C\C/C=C\CCCCCCC(=O)OCC(COCCCCCCCC)OC(=O)CCCCCCCCCCCCCCCCC. The van der Waals surface area contributed by atoms with Gasteiger partial charge in [-0.15, -0.1) is 0 Å². The summed E-state index contributed by atoms with van der Waals surface area (Å²) in [7, 11) is 0. The minimum Gasteiger partial charge on any atom is -0.462 e. The number of hydrogen-bond donors (Lipinski definition) is 0. The maximum absolute atomic E-state index is 12.7. The van der Waals surface area contributed by atoms with Crippen LogP contribution in [0.25, 0.3) is 0 Å². The van der Waals surface area contributed by atoms with E-state index in [1.165, 1.54) is 109 Å². The van der Waals surface area contributed by atoms with E-state index in [2.05, 4.69) is 69.4 Å². The molecule has 0 saturated carbocycles. The third kappa shape index (κ3) is 42.6. The van der Waals surface area contributed by atoms with Gasteiger partial charge in [0.05, 0.1) is 6.61 Å². The predicted molar refractivity (Wildman–Crippen MR) is 233 cm³/mol. The van der Waals surface area contributed by atoms with Crippen molar-refractivity contribution in [3.8, 4) is 0 Å². The number of carbonyl (C=O) groups is 2. The van der Waals surface area contributed by atoms with E-state index < -0.39 is 6.10 Å². The van der Waals surface area contributed by atoms with Gasteiger partial charge in [0.15, 0.2) is 6.10 Å². The Labute approximate surface area is 335 Å². The fourth-order valence-electron chi connectivity index (χ4n) is 6.44. The molecular formula is C49H88O5. The Morgan fingerprint density at radius 3 is 1.33 bits per heavy atom. The molecule has 0 heterocycles. The van der Waals surface area contributed by atoms with Gasteiger partial charge in [-0.1, -0.05) is 204 Å². The first-order valence-electron chi connectivity index (χ1n) is 23.2. The topological polar surface area (TPSA) is 61.8 Å². The van der Waals surface area contributed by atoms with Crippen LogP contribution >= 0.6 is 0 Å². The summed E-state index contributed by atoms with van der Waals surface area (Å²) in [6.07, 6.45) is 54.0. The quantitative estimate of drug-likeness (QED) is 0.0353. The first-order valence-corrected chi connectivity index (χ1v) is 23.2. The molecule has 0 aliphatic rings. The summed E-state index contributed by atoms with van der Waals surface area (Å²) in [5.41, 5.74) is 0. The van der Waals surface area contributed by atoms with E-state index in [0.29, 0.717) is 19.4 Å². The molecule has 1 atom stereocenters. The molecule has 0 rings (SSSR count). The second kappa shape index (κ2) is 45.3. The lowest BCUT2D eigenvalue weighted by Gasteiger charge is -2.18. The van der Waals surface area contributed by atoms with Gasteiger partial charge in [-0.2, -0.15) is 0 Å². The first kappa shape index (κ1) is 51.9. The van der Waals surface area contributed by atoms with E-state index in [1.54, 1.807) is 0 Å². The van der Waals surface area contributed by atoms with Gasteiger partial charge in [0.1, 0.15) is 6.61 Å². The summed E-state index contributed by atoms with van der Waals surface area (Å²) in [6, 6.07) is 0. The molecule has 0 aliphatic heterocycles. The molecule has 1 unspecified atom stereocenters. The van der Waals surface area contributed by atoms with Crippen molar-refractivity contribution in [2.75, 3.05) is 19.8 Å². The standard InChI is InChI=1S/C49H88O5/c1-4-7-10-13-16-18-20-22-24-25-27-28-30-32-34-36-39-42-48(50)53-46-47(45-52-44-41-38-15-12-9-6-3)54-49(51)43-40-37-35-33-31-29-26-23-21-19-17-14-11-8-5-2/h7,10,16,18,22,24,27-28,47H,4-6,8-9,11-15,17,19-21,23,25-26,29-46H2,1-3H3/b10-7-,18-16-,24-22-,28-27-. The average molecular weight is 757 g/mol. The van der Waals surface area contributed by atoms with Gasteiger partial charge in [0.25, 0.3) is 0 Å². The van der Waals surface area contributed by atoms with Gasteiger partial charge >= 0.3 is 11.9 Å². The highest BCUT2D eigenvalue weighted by Crippen LogP contribution is 2.15. The highest BCUT2D eigenvalue weighted by molar-refractivity contribution is 5.70. The van der Waals surface area contributed by atoms with Crippen molar-refractivity contribution < 1.29 is 23.8 Å². The van der Waals surface area contributed by atoms with Crippen LogP contribution in [0.4, 0.5) is 0 Å². The van der Waals surface area contributed by atoms with Crippen molar-refractivity contribution in [1.29, 1.82) is 0 Å². The zero-order chi connectivity index (χ0) is 39.3. The van der Waals surface area contributed by atoms with E-state index in [1.807, 2.05) is 0 Å². The molecule has 314 valence electrons. The summed E-state index contributed by atoms with van der Waals surface area (Å²) in [4.78, 5) is 25.2. The Hall–Kier alpha value is -2.14. The van der Waals surface area contributed by atoms with Gasteiger partial charge in [-0.05, 0) is 57.8 Å². The second-order valence-corrected chi connectivity index (χ2v) is 15.3. The lowest BCUT2D eigenvalue weighted by molar-refractivity contribution is -0.163. The minimum atomic E-state index is -0.538. The molecule has 0 amide bonds. The van der Waals surface area contributed by atoms with E-state index in [9.17, 15) is 9.59 Å². The Kier molecular flexibility index (Phi) is 43.5. The average Bonchev–Trinajstić information content (AvgIpc) is 3.17. The summed E-state index contributed by atoms with van der Waals surface area (Å²) in [5, 5.41) is 0. The summed E-state index contributed by atoms with van der Waals surface area (Å²) in [5.74, 6) is -0.421. The van der Waals surface area contributed by atoms with Crippen LogP contribution in [0.5, 0.6) is 0 Å². The van der Waals surface area contributed by atoms with Crippen LogP contribution in [0.3, 0.4) is 0 Å². The second-order valence-electron chi connectivity index (χ2n) is 15.3. The lowest BCUT2D eigenvalue weighted by Crippen LogP contribution is -2.30. The van der Waals surface area contributed by atoms with Gasteiger partial charge in [-0.25, -0.2) is 0 Å². The Balaban J connectivity index is 4.14. The van der Waals surface area contributed by atoms with Crippen LogP contribution in [0.2, 0.25) is 0 Å². The van der Waals surface area contributed by atoms with Crippen molar-refractivity contribution in [1.82, 2.24) is 0 Å². The fraction of sp³-hybridized carbons (Fsp3) is 0.796. The summed E-state index contributed by atoms with van der Waals surface area (Å²) >= 11 is 0. The van der Waals surface area contributed by atoms with Crippen molar-refractivity contribution >= 4 is 11.9 Å². The van der Waals surface area contributed by atoms with Crippen LogP contribution in [-0.4, -0.2) is 37.9 Å². The maximum atomic E-state index is 12.7.